The number of aromatic amines is 1. The Morgan fingerprint density at radius 1 is 1.06 bits per heavy atom. The van der Waals surface area contributed by atoms with E-state index in [4.69, 9.17) is 36.3 Å². The van der Waals surface area contributed by atoms with Crippen LogP contribution in [0.25, 0.3) is 33.5 Å². The highest BCUT2D eigenvalue weighted by Gasteiger charge is 2.46. The Bertz CT molecular complexity index is 1360. The number of aliphatic hydroxyl groups is 1. The number of benzene rings is 2. The Hall–Kier alpha value is -3.21. The highest BCUT2D eigenvalue weighted by Crippen LogP contribution is 2.34. The van der Waals surface area contributed by atoms with Gasteiger partial charge in [-0.25, -0.2) is 4.98 Å². The largest absolute Gasteiger partial charge is 0.492 e. The summed E-state index contributed by atoms with van der Waals surface area (Å²) in [6.45, 7) is 1.26. The van der Waals surface area contributed by atoms with E-state index in [0.29, 0.717) is 41.5 Å². The molecule has 36 heavy (non-hydrogen) atoms. The van der Waals surface area contributed by atoms with Crippen LogP contribution in [0.5, 0.6) is 11.8 Å². The third-order valence-corrected chi connectivity index (χ3v) is 6.63. The van der Waals surface area contributed by atoms with E-state index in [1.54, 1.807) is 6.07 Å². The van der Waals surface area contributed by atoms with E-state index >= 15 is 0 Å². The number of imidazole rings is 1. The second kappa shape index (κ2) is 9.68. The normalized spacial score (nSPS) is 23.2. The Balaban J connectivity index is 1.18. The minimum atomic E-state index is -0.636. The number of halogens is 1. The monoisotopic (exact) mass is 508 g/mol. The molecule has 4 heterocycles. The molecule has 9 nitrogen and oxygen atoms in total. The first-order chi connectivity index (χ1) is 17.6. The molecule has 0 spiro atoms. The van der Waals surface area contributed by atoms with E-state index in [1.165, 1.54) is 0 Å². The van der Waals surface area contributed by atoms with Crippen molar-refractivity contribution in [3.63, 3.8) is 0 Å². The Kier molecular flexibility index (Phi) is 6.24. The van der Waals surface area contributed by atoms with Gasteiger partial charge in [-0.05, 0) is 29.3 Å². The molecule has 6 rings (SSSR count). The van der Waals surface area contributed by atoms with Crippen LogP contribution in [-0.2, 0) is 9.47 Å². The molecule has 2 aromatic carbocycles. The molecule has 4 N–H and O–H groups in total. The molecule has 4 atom stereocenters. The van der Waals surface area contributed by atoms with Crippen molar-refractivity contribution in [2.75, 3.05) is 19.8 Å². The first kappa shape index (κ1) is 23.2. The van der Waals surface area contributed by atoms with Crippen molar-refractivity contribution in [3.05, 3.63) is 59.6 Å². The number of nitrogens with zero attached hydrogens (tertiary/aromatic N) is 2. The fourth-order valence-electron chi connectivity index (χ4n) is 4.56. The van der Waals surface area contributed by atoms with Crippen molar-refractivity contribution in [1.82, 2.24) is 15.0 Å². The minimum Gasteiger partial charge on any atom is -0.492 e. The highest BCUT2D eigenvalue weighted by molar-refractivity contribution is 6.33. The van der Waals surface area contributed by atoms with Crippen LogP contribution < -0.4 is 15.2 Å². The molecule has 0 radical (unpaired) electrons. The Morgan fingerprint density at radius 2 is 1.78 bits per heavy atom. The van der Waals surface area contributed by atoms with Gasteiger partial charge in [-0.1, -0.05) is 48.0 Å². The number of nitrogens with one attached hydrogen (secondary N) is 1. The zero-order valence-electron chi connectivity index (χ0n) is 19.3. The molecule has 0 bridgehead atoms. The maximum absolute atomic E-state index is 9.93. The number of aliphatic hydroxyl groups excluding tert-OH is 1. The van der Waals surface area contributed by atoms with Crippen molar-refractivity contribution in [2.24, 2.45) is 5.73 Å². The molecule has 4 aromatic rings. The molecule has 2 aliphatic rings. The molecule has 2 fully saturated rings. The molecule has 186 valence electrons. The lowest BCUT2D eigenvalue weighted by atomic mass is 10.0. The summed E-state index contributed by atoms with van der Waals surface area (Å²) in [4.78, 5) is 12.2. The van der Waals surface area contributed by atoms with E-state index in [9.17, 15) is 5.11 Å². The molecule has 0 aliphatic carbocycles. The highest BCUT2D eigenvalue weighted by atomic mass is 35.5. The van der Waals surface area contributed by atoms with Crippen LogP contribution in [0.1, 0.15) is 6.42 Å². The van der Waals surface area contributed by atoms with Crippen LogP contribution in [0.4, 0.5) is 0 Å². The number of fused-ring (bicyclic) bond motifs is 2. The van der Waals surface area contributed by atoms with Crippen LogP contribution in [0.15, 0.2) is 54.6 Å². The lowest BCUT2D eigenvalue weighted by Gasteiger charge is -2.14. The number of nitrogens with two attached hydrogens (primary N) is 1. The Morgan fingerprint density at radius 3 is 2.50 bits per heavy atom. The summed E-state index contributed by atoms with van der Waals surface area (Å²) in [6.07, 6.45) is -1.21. The topological polar surface area (TPSA) is 125 Å². The summed E-state index contributed by atoms with van der Waals surface area (Å²) >= 11 is 6.57. The molecule has 2 saturated heterocycles. The lowest BCUT2D eigenvalue weighted by molar-refractivity contribution is -0.103. The molecular weight excluding hydrogens is 484 g/mol. The van der Waals surface area contributed by atoms with Crippen LogP contribution in [0, 0.1) is 0 Å². The fourth-order valence-corrected chi connectivity index (χ4v) is 4.82. The van der Waals surface area contributed by atoms with E-state index in [2.05, 4.69) is 15.0 Å². The average Bonchev–Trinajstić information content (AvgIpc) is 3.58. The summed E-state index contributed by atoms with van der Waals surface area (Å²) in [5, 5.41) is 10.4. The molecular formula is C26H25ClN4O5. The summed E-state index contributed by atoms with van der Waals surface area (Å²) in [7, 11) is 0. The van der Waals surface area contributed by atoms with Crippen LogP contribution in [-0.4, -0.2) is 64.4 Å². The maximum atomic E-state index is 9.93. The number of ether oxygens (including phenoxy) is 4. The standard InChI is InChI=1S/C26H25ClN4O5/c27-18-11-19-25(31-26(29-19)36-22-12-21-24(35-22)20(32)13-34-21)30-23(18)16-3-1-14(2-4-16)15-5-7-17(8-6-15)33-10-9-28/h1-8,11,20-22,24,32H,9-10,12-13,28H2,(H,29,30,31)/t20-,21-,22+,24-/m1/s1. The molecule has 2 aliphatic heterocycles. The van der Waals surface area contributed by atoms with Crippen LogP contribution in [0.2, 0.25) is 5.02 Å². The first-order valence-electron chi connectivity index (χ1n) is 11.8. The molecule has 2 aromatic heterocycles. The fraction of sp³-hybridized carbons (Fsp3) is 0.308. The zero-order valence-corrected chi connectivity index (χ0v) is 20.0. The van der Waals surface area contributed by atoms with E-state index in [0.717, 1.165) is 22.4 Å². The third kappa shape index (κ3) is 4.52. The van der Waals surface area contributed by atoms with Crippen molar-refractivity contribution < 1.29 is 24.1 Å². The maximum Gasteiger partial charge on any atom is 0.298 e. The van der Waals surface area contributed by atoms with Crippen molar-refractivity contribution in [1.29, 1.82) is 0 Å². The quantitative estimate of drug-likeness (QED) is 0.346. The molecule has 0 amide bonds. The first-order valence-corrected chi connectivity index (χ1v) is 12.2. The lowest BCUT2D eigenvalue weighted by Crippen LogP contribution is -2.28. The summed E-state index contributed by atoms with van der Waals surface area (Å²) in [5.74, 6) is 0.792. The molecule has 0 unspecified atom stereocenters. The van der Waals surface area contributed by atoms with Gasteiger partial charge in [-0.2, -0.15) is 4.98 Å². The van der Waals surface area contributed by atoms with Crippen molar-refractivity contribution in [2.45, 2.75) is 31.0 Å². The van der Waals surface area contributed by atoms with Gasteiger partial charge in [0.1, 0.15) is 24.6 Å². The van der Waals surface area contributed by atoms with Gasteiger partial charge in [-0.15, -0.1) is 0 Å². The second-order valence-electron chi connectivity index (χ2n) is 8.79. The van der Waals surface area contributed by atoms with Gasteiger partial charge in [0, 0.05) is 18.5 Å². The third-order valence-electron chi connectivity index (χ3n) is 6.34. The van der Waals surface area contributed by atoms with Gasteiger partial charge in [0.15, 0.2) is 5.65 Å². The SMILES string of the molecule is NCCOc1ccc(-c2ccc(-c3nc4nc(O[C@H]5C[C@H]6OC[C@@H](O)[C@H]6O5)[nH]c4cc3Cl)cc2)cc1. The molecule has 0 saturated carbocycles. The number of pyridine rings is 1. The van der Waals surface area contributed by atoms with Crippen molar-refractivity contribution >= 4 is 22.8 Å². The predicted molar refractivity (Wildman–Crippen MR) is 134 cm³/mol. The van der Waals surface area contributed by atoms with Gasteiger partial charge in [0.05, 0.1) is 28.9 Å². The summed E-state index contributed by atoms with van der Waals surface area (Å²) < 4.78 is 22.7. The molecule has 10 heteroatoms. The van der Waals surface area contributed by atoms with E-state index in [1.807, 2.05) is 48.5 Å². The van der Waals surface area contributed by atoms with Gasteiger partial charge >= 0.3 is 0 Å². The van der Waals surface area contributed by atoms with Crippen LogP contribution >= 0.6 is 11.6 Å². The number of aromatic nitrogens is 3. The van der Waals surface area contributed by atoms with Gasteiger partial charge in [-0.3, -0.25) is 0 Å². The number of hydrogen-bond acceptors (Lipinski definition) is 8. The number of hydrogen-bond donors (Lipinski definition) is 3. The smallest absolute Gasteiger partial charge is 0.298 e. The van der Waals surface area contributed by atoms with Crippen molar-refractivity contribution in [3.8, 4) is 34.1 Å². The minimum absolute atomic E-state index is 0.168. The second-order valence-corrected chi connectivity index (χ2v) is 9.20. The van der Waals surface area contributed by atoms with E-state index < -0.39 is 12.4 Å². The predicted octanol–water partition coefficient (Wildman–Crippen LogP) is 3.54. The summed E-state index contributed by atoms with van der Waals surface area (Å²) in [6, 6.07) is 18.0. The van der Waals surface area contributed by atoms with E-state index in [-0.39, 0.29) is 24.8 Å². The van der Waals surface area contributed by atoms with Gasteiger partial charge in [0.25, 0.3) is 6.01 Å². The average molecular weight is 509 g/mol. The summed E-state index contributed by atoms with van der Waals surface area (Å²) in [5.41, 5.74) is 10.3. The zero-order chi connectivity index (χ0) is 24.6. The van der Waals surface area contributed by atoms with Gasteiger partial charge in [0.2, 0.25) is 6.29 Å². The van der Waals surface area contributed by atoms with Crippen LogP contribution in [0.3, 0.4) is 0 Å². The number of H-pyrrole nitrogens is 1. The number of rotatable bonds is 7. The van der Waals surface area contributed by atoms with Gasteiger partial charge < -0.3 is 34.8 Å². The Labute approximate surface area is 212 Å².